The first kappa shape index (κ1) is 14.3. The molecule has 0 spiro atoms. The molecular weight excluding hydrogens is 243 g/mol. The lowest BCUT2D eigenvalue weighted by Gasteiger charge is -2.32. The number of hydrogen-bond acceptors (Lipinski definition) is 3. The molecule has 1 heterocycles. The topological polar surface area (TPSA) is 24.5 Å². The van der Waals surface area contributed by atoms with E-state index in [9.17, 15) is 4.39 Å². The summed E-state index contributed by atoms with van der Waals surface area (Å²) in [5, 5.41) is 3.42. The molecule has 1 aromatic carbocycles. The molecule has 1 fully saturated rings. The Labute approximate surface area is 114 Å². The van der Waals surface area contributed by atoms with Gasteiger partial charge in [-0.25, -0.2) is 4.39 Å². The largest absolute Gasteiger partial charge is 0.494 e. The van der Waals surface area contributed by atoms with E-state index >= 15 is 0 Å². The Kier molecular flexibility index (Phi) is 5.16. The first-order valence-electron chi connectivity index (χ1n) is 6.94. The van der Waals surface area contributed by atoms with Crippen molar-refractivity contribution in [1.82, 2.24) is 10.2 Å². The number of benzene rings is 1. The average Bonchev–Trinajstić information content (AvgIpc) is 2.41. The molecule has 3 nitrogen and oxygen atoms in total. The van der Waals surface area contributed by atoms with Crippen LogP contribution in [0, 0.1) is 5.82 Å². The maximum Gasteiger partial charge on any atom is 0.165 e. The third kappa shape index (κ3) is 3.91. The van der Waals surface area contributed by atoms with Crippen LogP contribution in [-0.4, -0.2) is 38.2 Å². The average molecular weight is 266 g/mol. The summed E-state index contributed by atoms with van der Waals surface area (Å²) in [4.78, 5) is 2.41. The fourth-order valence-electron chi connectivity index (χ4n) is 2.60. The Balaban J connectivity index is 1.80. The van der Waals surface area contributed by atoms with Crippen LogP contribution >= 0.6 is 0 Å². The lowest BCUT2D eigenvalue weighted by Crippen LogP contribution is -2.42. The van der Waals surface area contributed by atoms with Gasteiger partial charge in [-0.1, -0.05) is 12.5 Å². The van der Waals surface area contributed by atoms with Crippen molar-refractivity contribution in [3.05, 3.63) is 29.6 Å². The normalized spacial score (nSPS) is 20.5. The fraction of sp³-hybridized carbons (Fsp3) is 0.600. The highest BCUT2D eigenvalue weighted by atomic mass is 19.1. The van der Waals surface area contributed by atoms with Crippen LogP contribution in [0.2, 0.25) is 0 Å². The third-order valence-electron chi connectivity index (χ3n) is 3.85. The highest BCUT2D eigenvalue weighted by Gasteiger charge is 2.17. The number of likely N-dealkylation sites (N-methyl/N-ethyl adjacent to an activating group) is 1. The minimum atomic E-state index is -0.295. The number of halogens is 1. The van der Waals surface area contributed by atoms with Gasteiger partial charge in [-0.3, -0.25) is 0 Å². The zero-order valence-corrected chi connectivity index (χ0v) is 11.8. The number of likely N-dealkylation sites (tertiary alicyclic amines) is 1. The maximum atomic E-state index is 13.5. The summed E-state index contributed by atoms with van der Waals surface area (Å²) in [5.41, 5.74) is 0.955. The van der Waals surface area contributed by atoms with Gasteiger partial charge in [0.1, 0.15) is 0 Å². The Morgan fingerprint density at radius 2 is 2.26 bits per heavy atom. The van der Waals surface area contributed by atoms with Crippen molar-refractivity contribution in [3.63, 3.8) is 0 Å². The Bertz CT molecular complexity index is 411. The molecule has 1 N–H and O–H groups in total. The van der Waals surface area contributed by atoms with Crippen LogP contribution in [0.5, 0.6) is 5.75 Å². The van der Waals surface area contributed by atoms with E-state index in [-0.39, 0.29) is 5.82 Å². The monoisotopic (exact) mass is 266 g/mol. The molecule has 1 aliphatic heterocycles. The molecule has 0 amide bonds. The molecule has 1 unspecified atom stereocenters. The van der Waals surface area contributed by atoms with Gasteiger partial charge in [0.15, 0.2) is 11.6 Å². The SMILES string of the molecule is COc1ccc(CNCC2CCCCN2C)cc1F. The smallest absolute Gasteiger partial charge is 0.165 e. The second-order valence-corrected chi connectivity index (χ2v) is 5.23. The van der Waals surface area contributed by atoms with Crippen LogP contribution < -0.4 is 10.1 Å². The van der Waals surface area contributed by atoms with Crippen LogP contribution in [0.15, 0.2) is 18.2 Å². The summed E-state index contributed by atoms with van der Waals surface area (Å²) in [6.45, 7) is 2.85. The first-order chi connectivity index (χ1) is 9.20. The number of nitrogens with one attached hydrogen (secondary N) is 1. The van der Waals surface area contributed by atoms with Crippen molar-refractivity contribution in [2.24, 2.45) is 0 Å². The van der Waals surface area contributed by atoms with Crippen molar-refractivity contribution in [2.75, 3.05) is 27.2 Å². The van der Waals surface area contributed by atoms with E-state index in [0.717, 1.165) is 12.1 Å². The zero-order valence-electron chi connectivity index (χ0n) is 11.8. The molecule has 0 aromatic heterocycles. The first-order valence-corrected chi connectivity index (χ1v) is 6.94. The number of ether oxygens (including phenoxy) is 1. The molecule has 1 atom stereocenters. The lowest BCUT2D eigenvalue weighted by molar-refractivity contribution is 0.181. The number of rotatable bonds is 5. The highest BCUT2D eigenvalue weighted by molar-refractivity contribution is 5.29. The van der Waals surface area contributed by atoms with Gasteiger partial charge >= 0.3 is 0 Å². The molecule has 19 heavy (non-hydrogen) atoms. The van der Waals surface area contributed by atoms with Crippen LogP contribution in [0.1, 0.15) is 24.8 Å². The Morgan fingerprint density at radius 3 is 2.95 bits per heavy atom. The number of hydrogen-bond donors (Lipinski definition) is 1. The van der Waals surface area contributed by atoms with E-state index in [1.165, 1.54) is 39.0 Å². The van der Waals surface area contributed by atoms with Crippen molar-refractivity contribution in [2.45, 2.75) is 31.8 Å². The van der Waals surface area contributed by atoms with E-state index in [1.54, 1.807) is 6.07 Å². The number of methoxy groups -OCH3 is 1. The minimum Gasteiger partial charge on any atom is -0.494 e. The predicted octanol–water partition coefficient (Wildman–Crippen LogP) is 2.41. The summed E-state index contributed by atoms with van der Waals surface area (Å²) in [5.74, 6) is 0.00680. The summed E-state index contributed by atoms with van der Waals surface area (Å²) in [6, 6.07) is 5.73. The summed E-state index contributed by atoms with van der Waals surface area (Å²) in [6.07, 6.45) is 3.87. The molecule has 0 aliphatic carbocycles. The van der Waals surface area contributed by atoms with E-state index in [4.69, 9.17) is 4.74 Å². The second-order valence-electron chi connectivity index (χ2n) is 5.23. The Hall–Kier alpha value is -1.13. The van der Waals surface area contributed by atoms with Gasteiger partial charge < -0.3 is 15.0 Å². The molecule has 0 radical (unpaired) electrons. The van der Waals surface area contributed by atoms with E-state index in [0.29, 0.717) is 18.3 Å². The van der Waals surface area contributed by atoms with Crippen LogP contribution in [-0.2, 0) is 6.54 Å². The van der Waals surface area contributed by atoms with Gasteiger partial charge in [0.2, 0.25) is 0 Å². The molecule has 1 aliphatic rings. The van der Waals surface area contributed by atoms with Gasteiger partial charge in [0.05, 0.1) is 7.11 Å². The van der Waals surface area contributed by atoms with E-state index in [1.807, 2.05) is 6.07 Å². The van der Waals surface area contributed by atoms with Crippen molar-refractivity contribution in [1.29, 1.82) is 0 Å². The molecule has 4 heteroatoms. The standard InChI is InChI=1S/C15H23FN2O/c1-18-8-4-3-5-13(18)11-17-10-12-6-7-15(19-2)14(16)9-12/h6-7,9,13,17H,3-5,8,10-11H2,1-2H3. The van der Waals surface area contributed by atoms with E-state index < -0.39 is 0 Å². The van der Waals surface area contributed by atoms with Gasteiger partial charge in [-0.05, 0) is 44.1 Å². The number of nitrogens with zero attached hydrogens (tertiary/aromatic N) is 1. The van der Waals surface area contributed by atoms with Gasteiger partial charge in [0.25, 0.3) is 0 Å². The highest BCUT2D eigenvalue weighted by Crippen LogP contribution is 2.18. The quantitative estimate of drug-likeness (QED) is 0.885. The van der Waals surface area contributed by atoms with Gasteiger partial charge in [-0.2, -0.15) is 0 Å². The molecule has 0 saturated carbocycles. The third-order valence-corrected chi connectivity index (χ3v) is 3.85. The molecular formula is C15H23FN2O. The number of piperidine rings is 1. The maximum absolute atomic E-state index is 13.5. The van der Waals surface area contributed by atoms with Crippen LogP contribution in [0.4, 0.5) is 4.39 Å². The zero-order chi connectivity index (χ0) is 13.7. The summed E-state index contributed by atoms with van der Waals surface area (Å²) in [7, 11) is 3.66. The summed E-state index contributed by atoms with van der Waals surface area (Å²) < 4.78 is 18.4. The van der Waals surface area contributed by atoms with Gasteiger partial charge in [0, 0.05) is 19.1 Å². The molecule has 2 rings (SSSR count). The van der Waals surface area contributed by atoms with Crippen LogP contribution in [0.25, 0.3) is 0 Å². The Morgan fingerprint density at radius 1 is 1.42 bits per heavy atom. The predicted molar refractivity (Wildman–Crippen MR) is 74.9 cm³/mol. The van der Waals surface area contributed by atoms with Crippen molar-refractivity contribution >= 4 is 0 Å². The fourth-order valence-corrected chi connectivity index (χ4v) is 2.60. The van der Waals surface area contributed by atoms with E-state index in [2.05, 4.69) is 17.3 Å². The van der Waals surface area contributed by atoms with Crippen LogP contribution in [0.3, 0.4) is 0 Å². The van der Waals surface area contributed by atoms with Crippen molar-refractivity contribution < 1.29 is 9.13 Å². The molecule has 1 saturated heterocycles. The molecule has 1 aromatic rings. The van der Waals surface area contributed by atoms with Crippen molar-refractivity contribution in [3.8, 4) is 5.75 Å². The minimum absolute atomic E-state index is 0.295. The molecule has 0 bridgehead atoms. The van der Waals surface area contributed by atoms with Gasteiger partial charge in [-0.15, -0.1) is 0 Å². The lowest BCUT2D eigenvalue weighted by atomic mass is 10.0. The summed E-state index contributed by atoms with van der Waals surface area (Å²) >= 11 is 0. The molecule has 106 valence electrons. The second kappa shape index (κ2) is 6.87.